The molecule has 11 heavy (non-hydrogen) atoms. The number of carbonyl (C=O) groups is 1. The molecule has 0 aromatic rings. The minimum atomic E-state index is -0.636. The summed E-state index contributed by atoms with van der Waals surface area (Å²) in [6.45, 7) is 1.80. The molecule has 0 radical (unpaired) electrons. The van der Waals surface area contributed by atoms with Crippen LogP contribution in [-0.4, -0.2) is 34.8 Å². The van der Waals surface area contributed by atoms with E-state index in [1.807, 2.05) is 6.92 Å². The third-order valence-electron chi connectivity index (χ3n) is 1.03. The van der Waals surface area contributed by atoms with Crippen molar-refractivity contribution in [3.8, 4) is 0 Å². The van der Waals surface area contributed by atoms with Gasteiger partial charge in [0.1, 0.15) is 6.54 Å². The van der Waals surface area contributed by atoms with Crippen molar-refractivity contribution in [2.24, 2.45) is 0 Å². The highest BCUT2D eigenvalue weighted by Gasteiger charge is 2.05. The standard InChI is InChI=1S/C6H13NO4/c1-2-3-4-11-6(8)5-7(9)10/h9-10H,2-5H2,1H3. The van der Waals surface area contributed by atoms with Crippen LogP contribution >= 0.6 is 0 Å². The van der Waals surface area contributed by atoms with Gasteiger partial charge in [-0.15, -0.1) is 0 Å². The first kappa shape index (κ1) is 10.3. The molecule has 0 unspecified atom stereocenters. The Labute approximate surface area is 65.1 Å². The molecule has 0 aromatic carbocycles. The number of hydroxylamine groups is 2. The summed E-state index contributed by atoms with van der Waals surface area (Å²) in [5, 5.41) is 16.1. The number of hydrogen-bond acceptors (Lipinski definition) is 5. The Morgan fingerprint density at radius 2 is 2.18 bits per heavy atom. The fourth-order valence-electron chi connectivity index (χ4n) is 0.491. The average molecular weight is 163 g/mol. The molecule has 0 aliphatic heterocycles. The van der Waals surface area contributed by atoms with Crippen molar-refractivity contribution in [2.45, 2.75) is 19.8 Å². The highest BCUT2D eigenvalue weighted by Crippen LogP contribution is 1.88. The van der Waals surface area contributed by atoms with E-state index in [1.54, 1.807) is 0 Å². The summed E-state index contributed by atoms with van der Waals surface area (Å²) in [7, 11) is 0. The lowest BCUT2D eigenvalue weighted by Gasteiger charge is -2.05. The molecule has 0 aromatic heterocycles. The molecule has 2 N–H and O–H groups in total. The van der Waals surface area contributed by atoms with Crippen LogP contribution in [0.25, 0.3) is 0 Å². The summed E-state index contributed by atoms with van der Waals surface area (Å²) in [6.07, 6.45) is 1.73. The maximum Gasteiger partial charge on any atom is 0.325 e. The van der Waals surface area contributed by atoms with Crippen molar-refractivity contribution in [1.82, 2.24) is 5.23 Å². The van der Waals surface area contributed by atoms with E-state index in [9.17, 15) is 4.79 Å². The number of unbranched alkanes of at least 4 members (excludes halogenated alkanes) is 1. The fraction of sp³-hybridized carbons (Fsp3) is 0.833. The van der Waals surface area contributed by atoms with Crippen molar-refractivity contribution in [2.75, 3.05) is 13.2 Å². The third-order valence-corrected chi connectivity index (χ3v) is 1.03. The highest BCUT2D eigenvalue weighted by atomic mass is 16.8. The molecule has 0 aliphatic carbocycles. The number of nitrogens with zero attached hydrogens (tertiary/aromatic N) is 1. The summed E-state index contributed by atoms with van der Waals surface area (Å²) in [5.41, 5.74) is 0. The zero-order valence-electron chi connectivity index (χ0n) is 6.49. The van der Waals surface area contributed by atoms with Gasteiger partial charge in [-0.3, -0.25) is 15.2 Å². The van der Waals surface area contributed by atoms with E-state index < -0.39 is 12.5 Å². The average Bonchev–Trinajstić information content (AvgIpc) is 1.86. The zero-order chi connectivity index (χ0) is 8.69. The van der Waals surface area contributed by atoms with Crippen molar-refractivity contribution in [3.63, 3.8) is 0 Å². The molecule has 0 saturated heterocycles. The highest BCUT2D eigenvalue weighted by molar-refractivity contribution is 5.71. The Morgan fingerprint density at radius 1 is 1.55 bits per heavy atom. The van der Waals surface area contributed by atoms with Gasteiger partial charge in [0.2, 0.25) is 0 Å². The van der Waals surface area contributed by atoms with Crippen LogP contribution in [0.1, 0.15) is 19.8 Å². The Hall–Kier alpha value is -0.650. The number of rotatable bonds is 5. The predicted molar refractivity (Wildman–Crippen MR) is 36.1 cm³/mol. The molecule has 5 nitrogen and oxygen atoms in total. The predicted octanol–water partition coefficient (Wildman–Crippen LogP) is 0.410. The first-order valence-electron chi connectivity index (χ1n) is 3.47. The van der Waals surface area contributed by atoms with Crippen molar-refractivity contribution >= 4 is 5.97 Å². The topological polar surface area (TPSA) is 70.0 Å². The second-order valence-corrected chi connectivity index (χ2v) is 2.10. The van der Waals surface area contributed by atoms with Gasteiger partial charge in [0.15, 0.2) is 0 Å². The second-order valence-electron chi connectivity index (χ2n) is 2.10. The molecule has 66 valence electrons. The fourth-order valence-corrected chi connectivity index (χ4v) is 0.491. The van der Waals surface area contributed by atoms with Gasteiger partial charge in [-0.2, -0.15) is 0 Å². The molecule has 0 atom stereocenters. The van der Waals surface area contributed by atoms with Crippen LogP contribution in [-0.2, 0) is 9.53 Å². The Morgan fingerprint density at radius 3 is 2.64 bits per heavy atom. The molecular weight excluding hydrogens is 150 g/mol. The summed E-state index contributed by atoms with van der Waals surface area (Å²) >= 11 is 0. The number of esters is 1. The summed E-state index contributed by atoms with van der Waals surface area (Å²) in [6, 6.07) is 0. The van der Waals surface area contributed by atoms with Crippen LogP contribution in [0, 0.1) is 0 Å². The van der Waals surface area contributed by atoms with Gasteiger partial charge in [-0.05, 0) is 6.42 Å². The van der Waals surface area contributed by atoms with Crippen molar-refractivity contribution in [1.29, 1.82) is 0 Å². The summed E-state index contributed by atoms with van der Waals surface area (Å²) < 4.78 is 4.59. The first-order chi connectivity index (χ1) is 5.16. The van der Waals surface area contributed by atoms with E-state index in [4.69, 9.17) is 10.4 Å². The van der Waals surface area contributed by atoms with Gasteiger partial charge in [0.25, 0.3) is 0 Å². The van der Waals surface area contributed by atoms with E-state index in [1.165, 1.54) is 0 Å². The van der Waals surface area contributed by atoms with E-state index in [2.05, 4.69) is 4.74 Å². The van der Waals surface area contributed by atoms with Crippen LogP contribution < -0.4 is 0 Å². The molecule has 0 spiro atoms. The zero-order valence-corrected chi connectivity index (χ0v) is 6.49. The molecule has 0 rings (SSSR count). The van der Waals surface area contributed by atoms with Gasteiger partial charge < -0.3 is 4.74 Å². The van der Waals surface area contributed by atoms with Crippen LogP contribution in [0.3, 0.4) is 0 Å². The monoisotopic (exact) mass is 163 g/mol. The second kappa shape index (κ2) is 6.09. The number of carbonyl (C=O) groups excluding carboxylic acids is 1. The van der Waals surface area contributed by atoms with Crippen LogP contribution in [0.5, 0.6) is 0 Å². The third kappa shape index (κ3) is 7.24. The maximum absolute atomic E-state index is 10.5. The van der Waals surface area contributed by atoms with E-state index in [0.29, 0.717) is 6.61 Å². The smallest absolute Gasteiger partial charge is 0.325 e. The molecule has 0 aliphatic rings. The Bertz CT molecular complexity index is 115. The van der Waals surface area contributed by atoms with Crippen LogP contribution in [0.2, 0.25) is 0 Å². The molecule has 0 bridgehead atoms. The lowest BCUT2D eigenvalue weighted by molar-refractivity contribution is -0.304. The minimum Gasteiger partial charge on any atom is -0.465 e. The van der Waals surface area contributed by atoms with Gasteiger partial charge >= 0.3 is 5.97 Å². The Balaban J connectivity index is 3.23. The number of hydrogen-bond donors (Lipinski definition) is 2. The van der Waals surface area contributed by atoms with Crippen molar-refractivity contribution in [3.05, 3.63) is 0 Å². The van der Waals surface area contributed by atoms with Gasteiger partial charge in [-0.25, -0.2) is 0 Å². The minimum absolute atomic E-state index is 0.200. The maximum atomic E-state index is 10.5. The molecular formula is C6H13NO4. The molecule has 0 amide bonds. The molecule has 0 heterocycles. The number of ether oxygens (including phenoxy) is 1. The lowest BCUT2D eigenvalue weighted by atomic mass is 10.4. The van der Waals surface area contributed by atoms with Gasteiger partial charge in [0.05, 0.1) is 6.61 Å². The SMILES string of the molecule is CCCCOC(=O)CN(O)O. The quantitative estimate of drug-likeness (QED) is 0.349. The Kier molecular flexibility index (Phi) is 5.73. The summed E-state index contributed by atoms with van der Waals surface area (Å²) in [4.78, 5) is 10.5. The first-order valence-corrected chi connectivity index (χ1v) is 3.47. The summed E-state index contributed by atoms with van der Waals surface area (Å²) in [5.74, 6) is -0.636. The van der Waals surface area contributed by atoms with Gasteiger partial charge in [0, 0.05) is 0 Å². The van der Waals surface area contributed by atoms with E-state index >= 15 is 0 Å². The molecule has 0 fully saturated rings. The van der Waals surface area contributed by atoms with E-state index in [0.717, 1.165) is 12.8 Å². The van der Waals surface area contributed by atoms with Crippen molar-refractivity contribution < 1.29 is 19.9 Å². The normalized spacial score (nSPS) is 10.2. The largest absolute Gasteiger partial charge is 0.465 e. The van der Waals surface area contributed by atoms with E-state index in [-0.39, 0.29) is 5.23 Å². The van der Waals surface area contributed by atoms with Gasteiger partial charge in [-0.1, -0.05) is 18.6 Å². The molecule has 5 heteroatoms. The van der Waals surface area contributed by atoms with Crippen LogP contribution in [0.15, 0.2) is 0 Å². The molecule has 0 saturated carbocycles. The lowest BCUT2D eigenvalue weighted by Crippen LogP contribution is -2.24. The van der Waals surface area contributed by atoms with Crippen LogP contribution in [0.4, 0.5) is 0 Å².